The number of para-hydroxylation sites is 1. The van der Waals surface area contributed by atoms with Crippen molar-refractivity contribution in [1.82, 2.24) is 9.88 Å². The van der Waals surface area contributed by atoms with Crippen LogP contribution in [0.2, 0.25) is 0 Å². The van der Waals surface area contributed by atoms with E-state index in [1.807, 2.05) is 30.3 Å². The van der Waals surface area contributed by atoms with Crippen LogP contribution in [0.25, 0.3) is 20.1 Å². The Labute approximate surface area is 181 Å². The Balaban J connectivity index is 1.31. The number of fused-ring (bicyclic) bond motifs is 1. The van der Waals surface area contributed by atoms with Crippen molar-refractivity contribution >= 4 is 50.7 Å². The lowest BCUT2D eigenvalue weighted by Crippen LogP contribution is -2.42. The maximum Gasteiger partial charge on any atom is 0.348 e. The maximum absolute atomic E-state index is 12.4. The van der Waals surface area contributed by atoms with E-state index in [1.54, 1.807) is 22.3 Å². The Hall–Kier alpha value is -2.78. The van der Waals surface area contributed by atoms with E-state index in [2.05, 4.69) is 4.98 Å². The predicted molar refractivity (Wildman–Crippen MR) is 115 cm³/mol. The van der Waals surface area contributed by atoms with Crippen molar-refractivity contribution in [1.29, 1.82) is 0 Å². The number of carbonyl (C=O) groups excluding carboxylic acids is 3. The first-order valence-electron chi connectivity index (χ1n) is 9.53. The summed E-state index contributed by atoms with van der Waals surface area (Å²) in [5, 5.41) is 0.852. The van der Waals surface area contributed by atoms with Gasteiger partial charge in [0.05, 0.1) is 28.1 Å². The average molecular weight is 445 g/mol. The lowest BCUT2D eigenvalue weighted by atomic mass is 9.97. The first-order chi connectivity index (χ1) is 14.5. The van der Waals surface area contributed by atoms with Gasteiger partial charge in [0.1, 0.15) is 9.88 Å². The van der Waals surface area contributed by atoms with Crippen LogP contribution in [0.15, 0.2) is 36.4 Å². The topological polar surface area (TPSA) is 85.8 Å². The second kappa shape index (κ2) is 8.93. The summed E-state index contributed by atoms with van der Waals surface area (Å²) >= 11 is 2.87. The second-order valence-corrected chi connectivity index (χ2v) is 9.02. The zero-order chi connectivity index (χ0) is 21.1. The van der Waals surface area contributed by atoms with Gasteiger partial charge < -0.3 is 14.4 Å². The highest BCUT2D eigenvalue weighted by molar-refractivity contribution is 7.26. The van der Waals surface area contributed by atoms with Crippen LogP contribution in [0, 0.1) is 5.92 Å². The molecule has 0 N–H and O–H groups in total. The maximum atomic E-state index is 12.4. The molecule has 4 rings (SSSR count). The van der Waals surface area contributed by atoms with Gasteiger partial charge in [-0.3, -0.25) is 9.59 Å². The molecule has 156 valence electrons. The third kappa shape index (κ3) is 4.36. The third-order valence-corrected chi connectivity index (χ3v) is 7.29. The molecular formula is C21H20N2O5S2. The van der Waals surface area contributed by atoms with Gasteiger partial charge in [-0.25, -0.2) is 9.78 Å². The van der Waals surface area contributed by atoms with Crippen LogP contribution < -0.4 is 0 Å². The predicted octanol–water partition coefficient (Wildman–Crippen LogP) is 3.59. The summed E-state index contributed by atoms with van der Waals surface area (Å²) in [6, 6.07) is 11.4. The molecule has 0 aliphatic carbocycles. The first kappa shape index (κ1) is 20.5. The quantitative estimate of drug-likeness (QED) is 0.559. The molecule has 1 aliphatic rings. The summed E-state index contributed by atoms with van der Waals surface area (Å²) in [6.07, 6.45) is 1.12. The van der Waals surface area contributed by atoms with Gasteiger partial charge in [-0.05, 0) is 37.1 Å². The standard InChI is InChI=1S/C21H20N2O5S2/c1-27-20(25)13-8-10-23(11-9-13)18(24)12-28-21(26)17-7-6-16(29-17)19-22-14-4-2-3-5-15(14)30-19/h2-7,13H,8-12H2,1H3. The molecule has 2 aromatic heterocycles. The van der Waals surface area contributed by atoms with Gasteiger partial charge in [-0.1, -0.05) is 12.1 Å². The molecule has 0 radical (unpaired) electrons. The van der Waals surface area contributed by atoms with Gasteiger partial charge in [0.2, 0.25) is 0 Å². The van der Waals surface area contributed by atoms with E-state index in [4.69, 9.17) is 9.47 Å². The number of ether oxygens (including phenoxy) is 2. The summed E-state index contributed by atoms with van der Waals surface area (Å²) in [5.41, 5.74) is 0.927. The van der Waals surface area contributed by atoms with Crippen LogP contribution in [0.5, 0.6) is 0 Å². The van der Waals surface area contributed by atoms with Crippen LogP contribution in [-0.4, -0.2) is 54.5 Å². The SMILES string of the molecule is COC(=O)C1CCN(C(=O)COC(=O)c2ccc(-c3nc4ccccc4s3)s2)CC1. The van der Waals surface area contributed by atoms with Crippen molar-refractivity contribution in [3.05, 3.63) is 41.3 Å². The Bertz CT molecular complexity index is 1050. The van der Waals surface area contributed by atoms with E-state index >= 15 is 0 Å². The van der Waals surface area contributed by atoms with Crippen LogP contribution in [0.4, 0.5) is 0 Å². The lowest BCUT2D eigenvalue weighted by molar-refractivity contribution is -0.149. The molecule has 3 aromatic rings. The monoisotopic (exact) mass is 444 g/mol. The highest BCUT2D eigenvalue weighted by atomic mass is 32.1. The molecule has 30 heavy (non-hydrogen) atoms. The van der Waals surface area contributed by atoms with Crippen LogP contribution in [-0.2, 0) is 19.1 Å². The van der Waals surface area contributed by atoms with Gasteiger partial charge in [-0.2, -0.15) is 0 Å². The second-order valence-electron chi connectivity index (χ2n) is 6.90. The molecule has 0 unspecified atom stereocenters. The molecule has 1 fully saturated rings. The van der Waals surface area contributed by atoms with Gasteiger partial charge in [0, 0.05) is 13.1 Å². The van der Waals surface area contributed by atoms with E-state index in [-0.39, 0.29) is 24.4 Å². The number of rotatable bonds is 5. The molecule has 0 spiro atoms. The fourth-order valence-electron chi connectivity index (χ4n) is 3.36. The number of thiophene rings is 1. The number of thiazole rings is 1. The fraction of sp³-hybridized carbons (Fsp3) is 0.333. The molecule has 1 saturated heterocycles. The van der Waals surface area contributed by atoms with E-state index in [9.17, 15) is 14.4 Å². The number of piperidine rings is 1. The summed E-state index contributed by atoms with van der Waals surface area (Å²) < 4.78 is 11.1. The number of carbonyl (C=O) groups is 3. The number of amides is 1. The van der Waals surface area contributed by atoms with Crippen molar-refractivity contribution in [3.8, 4) is 9.88 Å². The number of nitrogens with zero attached hydrogens (tertiary/aromatic N) is 2. The zero-order valence-corrected chi connectivity index (χ0v) is 18.0. The summed E-state index contributed by atoms with van der Waals surface area (Å²) in [6.45, 7) is 0.601. The summed E-state index contributed by atoms with van der Waals surface area (Å²) in [4.78, 5) is 43.8. The zero-order valence-electron chi connectivity index (χ0n) is 16.3. The number of hydrogen-bond donors (Lipinski definition) is 0. The molecule has 1 aromatic carbocycles. The number of hydrogen-bond acceptors (Lipinski definition) is 8. The van der Waals surface area contributed by atoms with E-state index in [0.29, 0.717) is 30.8 Å². The Morgan fingerprint density at radius 3 is 2.60 bits per heavy atom. The van der Waals surface area contributed by atoms with Crippen molar-refractivity contribution in [2.45, 2.75) is 12.8 Å². The number of methoxy groups -OCH3 is 1. The molecule has 0 bridgehead atoms. The van der Waals surface area contributed by atoms with E-state index in [0.717, 1.165) is 20.1 Å². The minimum absolute atomic E-state index is 0.173. The minimum atomic E-state index is -0.523. The third-order valence-electron chi connectivity index (χ3n) is 5.02. The van der Waals surface area contributed by atoms with Crippen LogP contribution >= 0.6 is 22.7 Å². The molecule has 3 heterocycles. The first-order valence-corrected chi connectivity index (χ1v) is 11.2. The van der Waals surface area contributed by atoms with Crippen LogP contribution in [0.1, 0.15) is 22.5 Å². The van der Waals surface area contributed by atoms with Gasteiger partial charge in [0.15, 0.2) is 6.61 Å². The Morgan fingerprint density at radius 2 is 1.87 bits per heavy atom. The smallest absolute Gasteiger partial charge is 0.348 e. The Morgan fingerprint density at radius 1 is 1.10 bits per heavy atom. The average Bonchev–Trinajstić information content (AvgIpc) is 3.44. The van der Waals surface area contributed by atoms with Gasteiger partial charge >= 0.3 is 11.9 Å². The van der Waals surface area contributed by atoms with Crippen molar-refractivity contribution in [3.63, 3.8) is 0 Å². The highest BCUT2D eigenvalue weighted by Gasteiger charge is 2.28. The number of benzene rings is 1. The molecule has 1 aliphatic heterocycles. The van der Waals surface area contributed by atoms with Crippen LogP contribution in [0.3, 0.4) is 0 Å². The van der Waals surface area contributed by atoms with Crippen molar-refractivity contribution in [2.75, 3.05) is 26.8 Å². The minimum Gasteiger partial charge on any atom is -0.469 e. The van der Waals surface area contributed by atoms with E-state index < -0.39 is 5.97 Å². The molecule has 7 nitrogen and oxygen atoms in total. The molecule has 0 atom stereocenters. The van der Waals surface area contributed by atoms with E-state index in [1.165, 1.54) is 18.4 Å². The molecule has 9 heteroatoms. The van der Waals surface area contributed by atoms with Gasteiger partial charge in [-0.15, -0.1) is 22.7 Å². The normalized spacial score (nSPS) is 14.6. The number of esters is 2. The summed E-state index contributed by atoms with van der Waals surface area (Å²) in [7, 11) is 1.37. The largest absolute Gasteiger partial charge is 0.469 e. The molecular weight excluding hydrogens is 424 g/mol. The van der Waals surface area contributed by atoms with Crippen molar-refractivity contribution in [2.24, 2.45) is 5.92 Å². The van der Waals surface area contributed by atoms with Gasteiger partial charge in [0.25, 0.3) is 5.91 Å². The van der Waals surface area contributed by atoms with Crippen molar-refractivity contribution < 1.29 is 23.9 Å². The fourth-order valence-corrected chi connectivity index (χ4v) is 5.28. The highest BCUT2D eigenvalue weighted by Crippen LogP contribution is 2.34. The molecule has 1 amide bonds. The lowest BCUT2D eigenvalue weighted by Gasteiger charge is -2.30. The molecule has 0 saturated carbocycles. The number of likely N-dealkylation sites (tertiary alicyclic amines) is 1. The number of aromatic nitrogens is 1. The Kier molecular flexibility index (Phi) is 6.10. The summed E-state index contributed by atoms with van der Waals surface area (Å²) in [5.74, 6) is -1.19.